The van der Waals surface area contributed by atoms with Gasteiger partial charge in [0, 0.05) is 12.3 Å². The highest BCUT2D eigenvalue weighted by Crippen LogP contribution is 2.31. The lowest BCUT2D eigenvalue weighted by molar-refractivity contribution is -0.152. The van der Waals surface area contributed by atoms with Crippen molar-refractivity contribution in [1.82, 2.24) is 0 Å². The molecule has 1 fully saturated rings. The topological polar surface area (TPSA) is 43.4 Å². The summed E-state index contributed by atoms with van der Waals surface area (Å²) in [7, 11) is 1.15. The van der Waals surface area contributed by atoms with Gasteiger partial charge >= 0.3 is 5.97 Å². The first-order valence-corrected chi connectivity index (χ1v) is 4.45. The van der Waals surface area contributed by atoms with Gasteiger partial charge in [0.05, 0.1) is 7.11 Å². The lowest BCUT2D eigenvalue weighted by atomic mass is 9.80. The van der Waals surface area contributed by atoms with Gasteiger partial charge in [0.1, 0.15) is 11.7 Å². The molecule has 0 aromatic rings. The number of alkyl halides is 2. The van der Waals surface area contributed by atoms with E-state index < -0.39 is 24.2 Å². The molecule has 0 saturated heterocycles. The molecule has 0 aromatic heterocycles. The Morgan fingerprint density at radius 2 is 2.21 bits per heavy atom. The fraction of sp³-hybridized carbons (Fsp3) is 0.778. The lowest BCUT2D eigenvalue weighted by Crippen LogP contribution is -2.34. The molecule has 2 unspecified atom stereocenters. The Balaban J connectivity index is 2.64. The van der Waals surface area contributed by atoms with Gasteiger partial charge < -0.3 is 4.74 Å². The van der Waals surface area contributed by atoms with Crippen molar-refractivity contribution >= 4 is 11.8 Å². The Morgan fingerprint density at radius 3 is 2.71 bits per heavy atom. The van der Waals surface area contributed by atoms with Gasteiger partial charge in [-0.3, -0.25) is 9.59 Å². The van der Waals surface area contributed by atoms with Crippen molar-refractivity contribution in [1.29, 1.82) is 0 Å². The van der Waals surface area contributed by atoms with Crippen LogP contribution in [0.25, 0.3) is 0 Å². The molecule has 0 N–H and O–H groups in total. The second-order valence-electron chi connectivity index (χ2n) is 3.41. The highest BCUT2D eigenvalue weighted by atomic mass is 19.3. The fourth-order valence-corrected chi connectivity index (χ4v) is 1.65. The number of methoxy groups -OCH3 is 1. The molecular weight excluding hydrogens is 194 g/mol. The first-order valence-electron chi connectivity index (χ1n) is 4.45. The van der Waals surface area contributed by atoms with Crippen LogP contribution in [0.2, 0.25) is 0 Å². The molecule has 14 heavy (non-hydrogen) atoms. The number of ether oxygens (including phenoxy) is 1. The minimum atomic E-state index is -2.46. The van der Waals surface area contributed by atoms with Crippen LogP contribution >= 0.6 is 0 Å². The van der Waals surface area contributed by atoms with Crippen LogP contribution in [-0.2, 0) is 14.3 Å². The Labute approximate surface area is 80.4 Å². The molecule has 80 valence electrons. The standard InChI is InChI=1S/C9H12F2O3/c1-14-9(13)6-4-5(8(10)11)2-3-7(6)12/h5-6,8H,2-4H2,1H3. The van der Waals surface area contributed by atoms with Gasteiger partial charge in [0.25, 0.3) is 0 Å². The number of hydrogen-bond donors (Lipinski definition) is 0. The Hall–Kier alpha value is -1.00. The number of hydrogen-bond acceptors (Lipinski definition) is 3. The number of ketones is 1. The molecule has 2 atom stereocenters. The van der Waals surface area contributed by atoms with Gasteiger partial charge in [-0.2, -0.15) is 0 Å². The summed E-state index contributed by atoms with van der Waals surface area (Å²) in [5, 5.41) is 0. The van der Waals surface area contributed by atoms with Crippen molar-refractivity contribution in [3.8, 4) is 0 Å². The molecule has 1 aliphatic rings. The Bertz CT molecular complexity index is 232. The van der Waals surface area contributed by atoms with Gasteiger partial charge in [-0.15, -0.1) is 0 Å². The van der Waals surface area contributed by atoms with Crippen molar-refractivity contribution in [2.24, 2.45) is 11.8 Å². The molecule has 1 rings (SSSR count). The number of halogens is 2. The maximum absolute atomic E-state index is 12.3. The summed E-state index contributed by atoms with van der Waals surface area (Å²) >= 11 is 0. The normalized spacial score (nSPS) is 27.9. The first kappa shape index (κ1) is 11.1. The molecule has 1 saturated carbocycles. The molecule has 0 aromatic carbocycles. The molecule has 0 amide bonds. The summed E-state index contributed by atoms with van der Waals surface area (Å²) in [6.07, 6.45) is -2.32. The molecule has 0 aliphatic heterocycles. The van der Waals surface area contributed by atoms with Gasteiger partial charge in [-0.25, -0.2) is 8.78 Å². The number of carbonyl (C=O) groups is 2. The van der Waals surface area contributed by atoms with Crippen molar-refractivity contribution in [3.63, 3.8) is 0 Å². The number of Topliss-reactive ketones (excluding diaryl/α,β-unsaturated/α-hetero) is 1. The smallest absolute Gasteiger partial charge is 0.316 e. The third kappa shape index (κ3) is 2.27. The van der Waals surface area contributed by atoms with Crippen LogP contribution in [0.15, 0.2) is 0 Å². The van der Waals surface area contributed by atoms with E-state index in [1.165, 1.54) is 0 Å². The third-order valence-electron chi connectivity index (χ3n) is 2.53. The second kappa shape index (κ2) is 4.48. The van der Waals surface area contributed by atoms with Crippen LogP contribution in [0.3, 0.4) is 0 Å². The van der Waals surface area contributed by atoms with E-state index in [9.17, 15) is 18.4 Å². The summed E-state index contributed by atoms with van der Waals surface area (Å²) in [6.45, 7) is 0. The van der Waals surface area contributed by atoms with Gasteiger partial charge in [0.2, 0.25) is 6.43 Å². The van der Waals surface area contributed by atoms with Crippen LogP contribution < -0.4 is 0 Å². The maximum atomic E-state index is 12.3. The van der Waals surface area contributed by atoms with E-state index in [1.807, 2.05) is 0 Å². The van der Waals surface area contributed by atoms with Crippen LogP contribution in [0.5, 0.6) is 0 Å². The van der Waals surface area contributed by atoms with E-state index in [0.29, 0.717) is 0 Å². The van der Waals surface area contributed by atoms with Crippen LogP contribution in [0.1, 0.15) is 19.3 Å². The van der Waals surface area contributed by atoms with E-state index in [-0.39, 0.29) is 25.0 Å². The maximum Gasteiger partial charge on any atom is 0.316 e. The minimum Gasteiger partial charge on any atom is -0.468 e. The predicted molar refractivity (Wildman–Crippen MR) is 43.9 cm³/mol. The van der Waals surface area contributed by atoms with E-state index in [2.05, 4.69) is 4.74 Å². The molecule has 0 bridgehead atoms. The molecule has 0 radical (unpaired) electrons. The summed E-state index contributed by atoms with van der Waals surface area (Å²) in [4.78, 5) is 22.3. The summed E-state index contributed by atoms with van der Waals surface area (Å²) < 4.78 is 29.0. The largest absolute Gasteiger partial charge is 0.468 e. The Kier molecular flexibility index (Phi) is 3.55. The number of esters is 1. The number of rotatable bonds is 2. The average Bonchev–Trinajstić information content (AvgIpc) is 2.17. The highest BCUT2D eigenvalue weighted by molar-refractivity contribution is 5.99. The average molecular weight is 206 g/mol. The monoisotopic (exact) mass is 206 g/mol. The van der Waals surface area contributed by atoms with Gasteiger partial charge in [-0.1, -0.05) is 0 Å². The third-order valence-corrected chi connectivity index (χ3v) is 2.53. The first-order chi connectivity index (χ1) is 6.56. The molecule has 0 heterocycles. The summed E-state index contributed by atoms with van der Waals surface area (Å²) in [6, 6.07) is 0. The SMILES string of the molecule is COC(=O)C1CC(C(F)F)CCC1=O. The van der Waals surface area contributed by atoms with Crippen molar-refractivity contribution in [3.05, 3.63) is 0 Å². The molecule has 0 spiro atoms. The zero-order chi connectivity index (χ0) is 10.7. The van der Waals surface area contributed by atoms with Crippen molar-refractivity contribution in [2.45, 2.75) is 25.7 Å². The number of carbonyl (C=O) groups excluding carboxylic acids is 2. The molecular formula is C9H12F2O3. The highest BCUT2D eigenvalue weighted by Gasteiger charge is 2.37. The summed E-state index contributed by atoms with van der Waals surface area (Å²) in [5.41, 5.74) is 0. The van der Waals surface area contributed by atoms with Gasteiger partial charge in [-0.05, 0) is 12.8 Å². The van der Waals surface area contributed by atoms with E-state index in [1.54, 1.807) is 0 Å². The lowest BCUT2D eigenvalue weighted by Gasteiger charge is -2.25. The zero-order valence-electron chi connectivity index (χ0n) is 7.83. The van der Waals surface area contributed by atoms with Crippen LogP contribution in [-0.4, -0.2) is 25.3 Å². The Morgan fingerprint density at radius 1 is 1.57 bits per heavy atom. The molecule has 5 heteroatoms. The van der Waals surface area contributed by atoms with Crippen molar-refractivity contribution in [2.75, 3.05) is 7.11 Å². The minimum absolute atomic E-state index is 0.0504. The quantitative estimate of drug-likeness (QED) is 0.506. The molecule has 1 aliphatic carbocycles. The molecule has 3 nitrogen and oxygen atoms in total. The summed E-state index contributed by atoms with van der Waals surface area (Å²) in [5.74, 6) is -2.81. The zero-order valence-corrected chi connectivity index (χ0v) is 7.83. The second-order valence-corrected chi connectivity index (χ2v) is 3.41. The van der Waals surface area contributed by atoms with E-state index in [0.717, 1.165) is 7.11 Å². The van der Waals surface area contributed by atoms with Crippen molar-refractivity contribution < 1.29 is 23.1 Å². The van der Waals surface area contributed by atoms with E-state index in [4.69, 9.17) is 0 Å². The fourth-order valence-electron chi connectivity index (χ4n) is 1.65. The van der Waals surface area contributed by atoms with E-state index >= 15 is 0 Å². The van der Waals surface area contributed by atoms with Crippen LogP contribution in [0, 0.1) is 11.8 Å². The van der Waals surface area contributed by atoms with Crippen LogP contribution in [0.4, 0.5) is 8.78 Å². The predicted octanol–water partition coefficient (Wildman–Crippen LogP) is 1.41. The van der Waals surface area contributed by atoms with Gasteiger partial charge in [0.15, 0.2) is 0 Å².